The Kier molecular flexibility index (Phi) is 41.4. The Labute approximate surface area is 351 Å². The molecule has 0 bridgehead atoms. The second-order valence-electron chi connectivity index (χ2n) is 16.5. The number of esters is 3. The molecule has 2 unspecified atom stereocenters. The molecule has 8 heteroatoms. The first-order chi connectivity index (χ1) is 27.9. The third kappa shape index (κ3) is 38.9. The summed E-state index contributed by atoms with van der Waals surface area (Å²) >= 11 is 0. The van der Waals surface area contributed by atoms with E-state index in [1.807, 2.05) is 6.92 Å². The zero-order valence-corrected chi connectivity index (χ0v) is 37.7. The van der Waals surface area contributed by atoms with E-state index >= 15 is 0 Å². The first-order valence-corrected chi connectivity index (χ1v) is 24.2. The fourth-order valence-electron chi connectivity index (χ4n) is 7.91. The van der Waals surface area contributed by atoms with Crippen LogP contribution >= 0.6 is 0 Å². The molecule has 0 spiro atoms. The maximum Gasteiger partial charge on any atom is 0.330 e. The summed E-state index contributed by atoms with van der Waals surface area (Å²) in [5.74, 6) is 0.978. The average Bonchev–Trinajstić information content (AvgIpc) is 3.20. The zero-order chi connectivity index (χ0) is 41.9. The standard InChI is InChI=1S/C49H91NO7/c1-5-9-11-13-19-26-34-44(36-28-21-15-17-23-30-38-46(51)50-8-4)45(35-27-20-14-12-10-6-2)37-29-22-16-18-24-31-39-48(53)55-41-33-25-32-40-49(54)57-43-42-56-47(52)7-3/h7,44-45H,3,5-6,8-43H2,1-2,4H3,(H,50,51). The van der Waals surface area contributed by atoms with Crippen LogP contribution in [0.3, 0.4) is 0 Å². The van der Waals surface area contributed by atoms with Gasteiger partial charge in [-0.15, -0.1) is 0 Å². The van der Waals surface area contributed by atoms with Crippen molar-refractivity contribution in [3.05, 3.63) is 12.7 Å². The number of nitrogens with one attached hydrogen (secondary N) is 1. The van der Waals surface area contributed by atoms with Crippen LogP contribution in [0, 0.1) is 11.8 Å². The van der Waals surface area contributed by atoms with Crippen LogP contribution in [0.5, 0.6) is 0 Å². The number of carbonyl (C=O) groups excluding carboxylic acids is 4. The second kappa shape index (κ2) is 43.2. The van der Waals surface area contributed by atoms with Gasteiger partial charge in [-0.2, -0.15) is 0 Å². The first kappa shape index (κ1) is 54.6. The van der Waals surface area contributed by atoms with Crippen molar-refractivity contribution in [2.24, 2.45) is 11.8 Å². The maximum atomic E-state index is 12.2. The van der Waals surface area contributed by atoms with Crippen molar-refractivity contribution in [1.29, 1.82) is 0 Å². The minimum Gasteiger partial charge on any atom is -0.466 e. The minimum atomic E-state index is -0.534. The lowest BCUT2D eigenvalue weighted by Gasteiger charge is -2.28. The molecule has 1 amide bonds. The number of rotatable bonds is 44. The summed E-state index contributed by atoms with van der Waals surface area (Å²) in [6.45, 7) is 11.1. The van der Waals surface area contributed by atoms with Crippen LogP contribution in [0.4, 0.5) is 0 Å². The molecule has 0 fully saturated rings. The van der Waals surface area contributed by atoms with Crippen LogP contribution in [0.15, 0.2) is 12.7 Å². The van der Waals surface area contributed by atoms with E-state index in [0.717, 1.165) is 56.6 Å². The van der Waals surface area contributed by atoms with Crippen molar-refractivity contribution >= 4 is 23.8 Å². The topological polar surface area (TPSA) is 108 Å². The quantitative estimate of drug-likeness (QED) is 0.0283. The molecular formula is C49H91NO7. The SMILES string of the molecule is C=CC(=O)OCCOC(=O)CCCCCOC(=O)CCCCCCCCC(CCCCCCCC)C(CCCCCCCC)CCCCCCCCC(=O)NCC. The molecule has 0 radical (unpaired) electrons. The van der Waals surface area contributed by atoms with Gasteiger partial charge in [0.05, 0.1) is 6.61 Å². The van der Waals surface area contributed by atoms with Gasteiger partial charge in [-0.05, 0) is 50.9 Å². The van der Waals surface area contributed by atoms with Gasteiger partial charge < -0.3 is 19.5 Å². The van der Waals surface area contributed by atoms with Crippen LogP contribution in [0.2, 0.25) is 0 Å². The number of ether oxygens (including phenoxy) is 3. The Morgan fingerprint density at radius 2 is 0.789 bits per heavy atom. The third-order valence-corrected chi connectivity index (χ3v) is 11.4. The Balaban J connectivity index is 4.51. The fourth-order valence-corrected chi connectivity index (χ4v) is 7.91. The summed E-state index contributed by atoms with van der Waals surface area (Å²) in [6.07, 6.45) is 41.4. The summed E-state index contributed by atoms with van der Waals surface area (Å²) < 4.78 is 15.2. The summed E-state index contributed by atoms with van der Waals surface area (Å²) in [6, 6.07) is 0. The minimum absolute atomic E-state index is 0.0264. The van der Waals surface area contributed by atoms with Crippen LogP contribution < -0.4 is 5.32 Å². The zero-order valence-electron chi connectivity index (χ0n) is 37.7. The van der Waals surface area contributed by atoms with E-state index < -0.39 is 5.97 Å². The Morgan fingerprint density at radius 3 is 1.21 bits per heavy atom. The van der Waals surface area contributed by atoms with Gasteiger partial charge in [-0.1, -0.05) is 187 Å². The van der Waals surface area contributed by atoms with Gasteiger partial charge in [0.25, 0.3) is 0 Å². The van der Waals surface area contributed by atoms with Crippen LogP contribution in [-0.4, -0.2) is 50.2 Å². The summed E-state index contributed by atoms with van der Waals surface area (Å²) in [4.78, 5) is 46.7. The Bertz CT molecular complexity index is 954. The van der Waals surface area contributed by atoms with Crippen molar-refractivity contribution in [2.45, 2.75) is 239 Å². The van der Waals surface area contributed by atoms with Crippen molar-refractivity contribution in [3.63, 3.8) is 0 Å². The maximum absolute atomic E-state index is 12.2. The molecule has 57 heavy (non-hydrogen) atoms. The Morgan fingerprint density at radius 1 is 0.439 bits per heavy atom. The van der Waals surface area contributed by atoms with Crippen molar-refractivity contribution in [3.8, 4) is 0 Å². The van der Waals surface area contributed by atoms with E-state index in [1.54, 1.807) is 0 Å². The Hall–Kier alpha value is -2.38. The second-order valence-corrected chi connectivity index (χ2v) is 16.5. The molecule has 334 valence electrons. The predicted molar refractivity (Wildman–Crippen MR) is 237 cm³/mol. The summed E-state index contributed by atoms with van der Waals surface area (Å²) in [7, 11) is 0. The van der Waals surface area contributed by atoms with Crippen LogP contribution in [0.1, 0.15) is 239 Å². The lowest BCUT2D eigenvalue weighted by atomic mass is 9.78. The van der Waals surface area contributed by atoms with E-state index in [-0.39, 0.29) is 31.1 Å². The molecule has 2 atom stereocenters. The normalized spacial score (nSPS) is 12.2. The highest BCUT2D eigenvalue weighted by molar-refractivity contribution is 5.81. The molecule has 0 aromatic rings. The highest BCUT2D eigenvalue weighted by atomic mass is 16.6. The van der Waals surface area contributed by atoms with Gasteiger partial charge in [0.15, 0.2) is 0 Å². The molecule has 0 aliphatic carbocycles. The smallest absolute Gasteiger partial charge is 0.330 e. The lowest BCUT2D eigenvalue weighted by Crippen LogP contribution is -2.21. The van der Waals surface area contributed by atoms with Gasteiger partial charge >= 0.3 is 17.9 Å². The molecule has 8 nitrogen and oxygen atoms in total. The molecule has 0 rings (SSSR count). The van der Waals surface area contributed by atoms with E-state index in [4.69, 9.17) is 14.2 Å². The van der Waals surface area contributed by atoms with E-state index in [0.29, 0.717) is 32.3 Å². The molecule has 0 aromatic heterocycles. The fraction of sp³-hybridized carbons (Fsp3) is 0.878. The largest absolute Gasteiger partial charge is 0.466 e. The van der Waals surface area contributed by atoms with E-state index in [2.05, 4.69) is 25.7 Å². The third-order valence-electron chi connectivity index (χ3n) is 11.4. The lowest BCUT2D eigenvalue weighted by molar-refractivity contribution is -0.149. The van der Waals surface area contributed by atoms with Crippen LogP contribution in [-0.2, 0) is 33.4 Å². The van der Waals surface area contributed by atoms with Crippen molar-refractivity contribution in [1.82, 2.24) is 5.32 Å². The molecule has 1 N–H and O–H groups in total. The number of carbonyl (C=O) groups is 4. The molecule has 0 aliphatic rings. The van der Waals surface area contributed by atoms with Crippen molar-refractivity contribution in [2.75, 3.05) is 26.4 Å². The van der Waals surface area contributed by atoms with E-state index in [1.165, 1.54) is 161 Å². The highest BCUT2D eigenvalue weighted by Crippen LogP contribution is 2.34. The molecule has 0 aliphatic heterocycles. The summed E-state index contributed by atoms with van der Waals surface area (Å²) in [5.41, 5.74) is 0. The van der Waals surface area contributed by atoms with Gasteiger partial charge in [0, 0.05) is 31.9 Å². The predicted octanol–water partition coefficient (Wildman–Crippen LogP) is 13.5. The monoisotopic (exact) mass is 806 g/mol. The number of hydrogen-bond donors (Lipinski definition) is 1. The van der Waals surface area contributed by atoms with E-state index in [9.17, 15) is 19.2 Å². The molecular weight excluding hydrogens is 715 g/mol. The number of hydrogen-bond acceptors (Lipinski definition) is 7. The molecule has 0 saturated heterocycles. The average molecular weight is 806 g/mol. The van der Waals surface area contributed by atoms with Gasteiger partial charge in [0.1, 0.15) is 13.2 Å². The molecule has 0 saturated carbocycles. The van der Waals surface area contributed by atoms with Crippen molar-refractivity contribution < 1.29 is 33.4 Å². The first-order valence-electron chi connectivity index (χ1n) is 24.2. The number of unbranched alkanes of at least 4 members (excludes halogenated alkanes) is 22. The van der Waals surface area contributed by atoms with Gasteiger partial charge in [0.2, 0.25) is 5.91 Å². The highest BCUT2D eigenvalue weighted by Gasteiger charge is 2.21. The van der Waals surface area contributed by atoms with Gasteiger partial charge in [-0.25, -0.2) is 4.79 Å². The number of amides is 1. The van der Waals surface area contributed by atoms with Crippen LogP contribution in [0.25, 0.3) is 0 Å². The van der Waals surface area contributed by atoms with Gasteiger partial charge in [-0.3, -0.25) is 14.4 Å². The molecule has 0 aromatic carbocycles. The summed E-state index contributed by atoms with van der Waals surface area (Å²) in [5, 5.41) is 2.92. The molecule has 0 heterocycles.